The third kappa shape index (κ3) is 6.30. The molecule has 0 saturated carbocycles. The lowest BCUT2D eigenvalue weighted by molar-refractivity contribution is -0.387. The molecule has 0 atom stereocenters. The number of ether oxygens (including phenoxy) is 1. The van der Waals surface area contributed by atoms with Crippen LogP contribution in [0.4, 0.5) is 17.1 Å². The standard InChI is InChI=1S/C18H19N3O5S/c1-20(2)14-9-7-13(8-10-14)19-17(22)11-26-18(23)12-27-16-6-4-3-5-15(16)21(24)25/h3-10H,11-12H2,1-2H3,(H,19,22). The lowest BCUT2D eigenvalue weighted by Crippen LogP contribution is -2.21. The number of thioether (sulfide) groups is 1. The normalized spacial score (nSPS) is 10.1. The Bertz CT molecular complexity index is 824. The lowest BCUT2D eigenvalue weighted by atomic mass is 10.2. The summed E-state index contributed by atoms with van der Waals surface area (Å²) in [6, 6.07) is 13.3. The maximum Gasteiger partial charge on any atom is 0.316 e. The smallest absolute Gasteiger partial charge is 0.316 e. The van der Waals surface area contributed by atoms with Gasteiger partial charge in [-0.1, -0.05) is 12.1 Å². The average Bonchev–Trinajstić information content (AvgIpc) is 2.65. The van der Waals surface area contributed by atoms with Crippen LogP contribution < -0.4 is 10.2 Å². The highest BCUT2D eigenvalue weighted by atomic mass is 32.2. The van der Waals surface area contributed by atoms with Gasteiger partial charge < -0.3 is 15.0 Å². The second-order valence-corrected chi connectivity index (χ2v) is 6.68. The third-order valence-corrected chi connectivity index (χ3v) is 4.48. The van der Waals surface area contributed by atoms with Crippen LogP contribution in [0.1, 0.15) is 0 Å². The Hall–Kier alpha value is -3.07. The molecule has 27 heavy (non-hydrogen) atoms. The summed E-state index contributed by atoms with van der Waals surface area (Å²) < 4.78 is 4.91. The zero-order valence-electron chi connectivity index (χ0n) is 14.9. The molecule has 1 amide bonds. The van der Waals surface area contributed by atoms with Crippen molar-refractivity contribution in [1.82, 2.24) is 0 Å². The zero-order chi connectivity index (χ0) is 19.8. The molecule has 2 aromatic rings. The van der Waals surface area contributed by atoms with Crippen LogP contribution in [0.2, 0.25) is 0 Å². The number of carbonyl (C=O) groups is 2. The molecule has 0 aliphatic heterocycles. The topological polar surface area (TPSA) is 102 Å². The number of hydrogen-bond acceptors (Lipinski definition) is 7. The number of nitrogens with zero attached hydrogens (tertiary/aromatic N) is 2. The molecule has 0 saturated heterocycles. The van der Waals surface area contributed by atoms with Gasteiger partial charge >= 0.3 is 5.97 Å². The molecule has 8 nitrogen and oxygen atoms in total. The van der Waals surface area contributed by atoms with Crippen LogP contribution in [0.5, 0.6) is 0 Å². The van der Waals surface area contributed by atoms with Crippen molar-refractivity contribution in [2.24, 2.45) is 0 Å². The third-order valence-electron chi connectivity index (χ3n) is 3.44. The molecule has 0 radical (unpaired) electrons. The molecular weight excluding hydrogens is 370 g/mol. The Morgan fingerprint density at radius 2 is 1.81 bits per heavy atom. The van der Waals surface area contributed by atoms with Crippen molar-refractivity contribution < 1.29 is 19.2 Å². The fraction of sp³-hybridized carbons (Fsp3) is 0.222. The van der Waals surface area contributed by atoms with E-state index in [1.807, 2.05) is 31.1 Å². The average molecular weight is 389 g/mol. The highest BCUT2D eigenvalue weighted by Gasteiger charge is 2.15. The van der Waals surface area contributed by atoms with Crippen molar-refractivity contribution >= 4 is 40.7 Å². The van der Waals surface area contributed by atoms with Crippen LogP contribution in [0.25, 0.3) is 0 Å². The molecule has 0 aromatic heterocycles. The van der Waals surface area contributed by atoms with Gasteiger partial charge in [-0.3, -0.25) is 19.7 Å². The van der Waals surface area contributed by atoms with Gasteiger partial charge in [-0.15, -0.1) is 11.8 Å². The summed E-state index contributed by atoms with van der Waals surface area (Å²) in [7, 11) is 3.82. The molecule has 2 rings (SSSR count). The lowest BCUT2D eigenvalue weighted by Gasteiger charge is -2.13. The SMILES string of the molecule is CN(C)c1ccc(NC(=O)COC(=O)CSc2ccccc2[N+](=O)[O-])cc1. The fourth-order valence-electron chi connectivity index (χ4n) is 2.09. The Morgan fingerprint density at radius 1 is 1.15 bits per heavy atom. The zero-order valence-corrected chi connectivity index (χ0v) is 15.7. The predicted molar refractivity (Wildman–Crippen MR) is 104 cm³/mol. The molecule has 2 aromatic carbocycles. The van der Waals surface area contributed by atoms with Crippen LogP contribution in [-0.2, 0) is 14.3 Å². The van der Waals surface area contributed by atoms with E-state index in [0.29, 0.717) is 10.6 Å². The number of nitro benzene ring substituents is 1. The first-order valence-corrected chi connectivity index (χ1v) is 8.94. The molecule has 0 heterocycles. The molecule has 1 N–H and O–H groups in total. The van der Waals surface area contributed by atoms with Gasteiger partial charge in [-0.05, 0) is 30.3 Å². The molecular formula is C18H19N3O5S. The Balaban J connectivity index is 1.78. The number of nitrogens with one attached hydrogen (secondary N) is 1. The van der Waals surface area contributed by atoms with Gasteiger partial charge in [0.1, 0.15) is 0 Å². The molecule has 0 aliphatic carbocycles. The number of anilines is 2. The van der Waals surface area contributed by atoms with Gasteiger partial charge in [0.15, 0.2) is 6.61 Å². The van der Waals surface area contributed by atoms with E-state index in [2.05, 4.69) is 5.32 Å². The van der Waals surface area contributed by atoms with Crippen molar-refractivity contribution in [3.63, 3.8) is 0 Å². The first kappa shape index (κ1) is 20.2. The minimum Gasteiger partial charge on any atom is -0.455 e. The first-order valence-electron chi connectivity index (χ1n) is 7.96. The summed E-state index contributed by atoms with van der Waals surface area (Å²) >= 11 is 0.991. The second-order valence-electron chi connectivity index (χ2n) is 5.66. The maximum absolute atomic E-state index is 11.9. The van der Waals surface area contributed by atoms with Crippen LogP contribution >= 0.6 is 11.8 Å². The highest BCUT2D eigenvalue weighted by Crippen LogP contribution is 2.28. The van der Waals surface area contributed by atoms with Gasteiger partial charge in [-0.2, -0.15) is 0 Å². The van der Waals surface area contributed by atoms with E-state index in [1.165, 1.54) is 6.07 Å². The number of carbonyl (C=O) groups excluding carboxylic acids is 2. The van der Waals surface area contributed by atoms with Crippen molar-refractivity contribution in [2.45, 2.75) is 4.90 Å². The number of hydrogen-bond donors (Lipinski definition) is 1. The van der Waals surface area contributed by atoms with E-state index in [-0.39, 0.29) is 11.4 Å². The maximum atomic E-state index is 11.9. The summed E-state index contributed by atoms with van der Waals surface area (Å²) in [6.07, 6.45) is 0. The monoisotopic (exact) mass is 389 g/mol. The number of nitro groups is 1. The number of benzene rings is 2. The minimum atomic E-state index is -0.628. The van der Waals surface area contributed by atoms with Crippen LogP contribution in [0, 0.1) is 10.1 Å². The predicted octanol–water partition coefficient (Wildman–Crippen LogP) is 2.93. The summed E-state index contributed by atoms with van der Waals surface area (Å²) in [4.78, 5) is 36.4. The molecule has 142 valence electrons. The minimum absolute atomic E-state index is 0.0748. The van der Waals surface area contributed by atoms with Crippen molar-refractivity contribution in [1.29, 1.82) is 0 Å². The van der Waals surface area contributed by atoms with Crippen LogP contribution in [0.15, 0.2) is 53.4 Å². The largest absolute Gasteiger partial charge is 0.455 e. The van der Waals surface area contributed by atoms with E-state index in [0.717, 1.165) is 17.4 Å². The van der Waals surface area contributed by atoms with Crippen molar-refractivity contribution in [2.75, 3.05) is 36.7 Å². The molecule has 0 aliphatic rings. The first-order chi connectivity index (χ1) is 12.9. The molecule has 9 heteroatoms. The Labute approximate surface area is 160 Å². The summed E-state index contributed by atoms with van der Waals surface area (Å²) in [5.41, 5.74) is 1.51. The fourth-order valence-corrected chi connectivity index (χ4v) is 2.92. The Morgan fingerprint density at radius 3 is 2.44 bits per heavy atom. The van der Waals surface area contributed by atoms with Gasteiger partial charge in [0, 0.05) is 31.5 Å². The molecule has 0 fully saturated rings. The summed E-state index contributed by atoms with van der Waals surface area (Å²) in [5.74, 6) is -1.22. The van der Waals surface area contributed by atoms with Crippen LogP contribution in [-0.4, -0.2) is 43.3 Å². The van der Waals surface area contributed by atoms with Crippen molar-refractivity contribution in [3.05, 3.63) is 58.6 Å². The molecule has 0 bridgehead atoms. The van der Waals surface area contributed by atoms with E-state index in [4.69, 9.17) is 4.74 Å². The highest BCUT2D eigenvalue weighted by molar-refractivity contribution is 8.00. The van der Waals surface area contributed by atoms with E-state index in [9.17, 15) is 19.7 Å². The van der Waals surface area contributed by atoms with Gasteiger partial charge in [0.2, 0.25) is 0 Å². The summed E-state index contributed by atoms with van der Waals surface area (Å²) in [5, 5.41) is 13.6. The Kier molecular flexibility index (Phi) is 7.18. The van der Waals surface area contributed by atoms with Gasteiger partial charge in [-0.25, -0.2) is 0 Å². The molecule has 0 unspecified atom stereocenters. The van der Waals surface area contributed by atoms with Gasteiger partial charge in [0.25, 0.3) is 11.6 Å². The second kappa shape index (κ2) is 9.58. The van der Waals surface area contributed by atoms with Gasteiger partial charge in [0.05, 0.1) is 15.6 Å². The van der Waals surface area contributed by atoms with Crippen molar-refractivity contribution in [3.8, 4) is 0 Å². The van der Waals surface area contributed by atoms with E-state index in [1.54, 1.807) is 30.3 Å². The number of esters is 1. The summed E-state index contributed by atoms with van der Waals surface area (Å²) in [6.45, 7) is -0.425. The van der Waals surface area contributed by atoms with E-state index >= 15 is 0 Å². The van der Waals surface area contributed by atoms with E-state index < -0.39 is 23.4 Å². The number of para-hydroxylation sites is 1. The quantitative estimate of drug-likeness (QED) is 0.320. The van der Waals surface area contributed by atoms with Crippen LogP contribution in [0.3, 0.4) is 0 Å². The number of rotatable bonds is 8. The molecule has 0 spiro atoms. The number of amides is 1.